The number of hydrazone groups is 1. The number of carbonyl (C=O) groups excluding carboxylic acids is 2. The first-order valence-electron chi connectivity index (χ1n) is 10.0. The molecule has 9 heteroatoms. The molecule has 3 rings (SSSR count). The van der Waals surface area contributed by atoms with E-state index in [-0.39, 0.29) is 12.3 Å². The number of nitrogens with one attached hydrogen (secondary N) is 3. The van der Waals surface area contributed by atoms with Gasteiger partial charge in [0.15, 0.2) is 0 Å². The molecule has 6 N–H and O–H groups in total. The molecule has 0 saturated heterocycles. The second-order valence-corrected chi connectivity index (χ2v) is 7.09. The first kappa shape index (κ1) is 23.0. The fraction of sp³-hybridized carbons (Fsp3) is 0.0833. The van der Waals surface area contributed by atoms with Gasteiger partial charge in [-0.2, -0.15) is 5.10 Å². The maximum Gasteiger partial charge on any atom is 0.326 e. The SMILES string of the molecule is NN=CNc1cccc(C(=O)Nc2ccc(CC(NC(=O)c3ccccc3)C(=O)O)cc2)c1. The van der Waals surface area contributed by atoms with E-state index >= 15 is 0 Å². The van der Waals surface area contributed by atoms with E-state index in [0.717, 1.165) is 0 Å². The average Bonchev–Trinajstić information content (AvgIpc) is 2.84. The highest BCUT2D eigenvalue weighted by Gasteiger charge is 2.21. The molecule has 3 aromatic rings. The van der Waals surface area contributed by atoms with Crippen molar-refractivity contribution in [1.82, 2.24) is 5.32 Å². The van der Waals surface area contributed by atoms with Crippen molar-refractivity contribution in [2.24, 2.45) is 10.9 Å². The Morgan fingerprint density at radius 2 is 1.58 bits per heavy atom. The fourth-order valence-corrected chi connectivity index (χ4v) is 3.06. The molecule has 0 radical (unpaired) electrons. The Hall–Kier alpha value is -4.66. The number of carbonyl (C=O) groups is 3. The van der Waals surface area contributed by atoms with Crippen molar-refractivity contribution in [3.63, 3.8) is 0 Å². The van der Waals surface area contributed by atoms with Gasteiger partial charge in [0.05, 0.1) is 0 Å². The van der Waals surface area contributed by atoms with E-state index in [1.54, 1.807) is 78.9 Å². The smallest absolute Gasteiger partial charge is 0.326 e. The number of benzene rings is 3. The molecular weight excluding hydrogens is 422 g/mol. The molecule has 33 heavy (non-hydrogen) atoms. The maximum absolute atomic E-state index is 12.5. The molecule has 9 nitrogen and oxygen atoms in total. The average molecular weight is 445 g/mol. The minimum atomic E-state index is -1.13. The summed E-state index contributed by atoms with van der Waals surface area (Å²) in [6, 6.07) is 20.9. The monoisotopic (exact) mass is 445 g/mol. The van der Waals surface area contributed by atoms with Gasteiger partial charge >= 0.3 is 5.97 Å². The summed E-state index contributed by atoms with van der Waals surface area (Å²) in [5.41, 5.74) is 2.72. The Morgan fingerprint density at radius 1 is 0.879 bits per heavy atom. The molecule has 1 unspecified atom stereocenters. The minimum Gasteiger partial charge on any atom is -0.480 e. The molecule has 0 aromatic heterocycles. The summed E-state index contributed by atoms with van der Waals surface area (Å²) in [6.07, 6.45) is 1.40. The molecule has 0 fully saturated rings. The van der Waals surface area contributed by atoms with E-state index in [4.69, 9.17) is 5.84 Å². The summed E-state index contributed by atoms with van der Waals surface area (Å²) in [7, 11) is 0. The lowest BCUT2D eigenvalue weighted by molar-refractivity contribution is -0.139. The van der Waals surface area contributed by atoms with Crippen molar-refractivity contribution in [3.05, 3.63) is 95.6 Å². The highest BCUT2D eigenvalue weighted by molar-refractivity contribution is 6.05. The molecule has 0 bridgehead atoms. The number of hydrogen-bond acceptors (Lipinski definition) is 5. The molecule has 1 atom stereocenters. The normalized spacial score (nSPS) is 11.5. The van der Waals surface area contributed by atoms with Crippen LogP contribution in [0.25, 0.3) is 0 Å². The predicted octanol–water partition coefficient (Wildman–Crippen LogP) is 2.68. The summed E-state index contributed by atoms with van der Waals surface area (Å²) in [4.78, 5) is 36.5. The van der Waals surface area contributed by atoms with Crippen LogP contribution in [-0.4, -0.2) is 35.3 Å². The van der Waals surface area contributed by atoms with Gasteiger partial charge in [0.1, 0.15) is 12.4 Å². The third kappa shape index (κ3) is 6.66. The fourth-order valence-electron chi connectivity index (χ4n) is 3.06. The van der Waals surface area contributed by atoms with Crippen molar-refractivity contribution in [3.8, 4) is 0 Å². The highest BCUT2D eigenvalue weighted by Crippen LogP contribution is 2.15. The predicted molar refractivity (Wildman–Crippen MR) is 126 cm³/mol. The molecule has 168 valence electrons. The van der Waals surface area contributed by atoms with Crippen LogP contribution in [0, 0.1) is 0 Å². The molecule has 0 spiro atoms. The van der Waals surface area contributed by atoms with Crippen molar-refractivity contribution in [1.29, 1.82) is 0 Å². The molecule has 0 saturated carbocycles. The van der Waals surface area contributed by atoms with Crippen LogP contribution < -0.4 is 21.8 Å². The van der Waals surface area contributed by atoms with Crippen molar-refractivity contribution >= 4 is 35.5 Å². The van der Waals surface area contributed by atoms with Crippen LogP contribution in [0.1, 0.15) is 26.3 Å². The Bertz CT molecular complexity index is 1150. The quantitative estimate of drug-likeness (QED) is 0.148. The van der Waals surface area contributed by atoms with Gasteiger partial charge in [-0.15, -0.1) is 0 Å². The Labute approximate surface area is 190 Å². The van der Waals surface area contributed by atoms with Crippen LogP contribution in [0.4, 0.5) is 11.4 Å². The van der Waals surface area contributed by atoms with Crippen LogP contribution in [0.15, 0.2) is 84.0 Å². The molecule has 2 amide bonds. The van der Waals surface area contributed by atoms with Gasteiger partial charge < -0.3 is 26.9 Å². The molecule has 0 aliphatic heterocycles. The molecule has 0 aliphatic carbocycles. The Kier molecular flexibility index (Phi) is 7.74. The maximum atomic E-state index is 12.5. The largest absolute Gasteiger partial charge is 0.480 e. The van der Waals surface area contributed by atoms with Gasteiger partial charge in [0, 0.05) is 28.9 Å². The second kappa shape index (κ2) is 11.1. The standard InChI is InChI=1S/C24H23N5O4/c25-27-15-26-20-8-4-7-18(14-20)23(31)28-19-11-9-16(10-12-19)13-21(24(32)33)29-22(30)17-5-2-1-3-6-17/h1-12,14-15,21H,13,25H2,(H,26,27)(H,28,31)(H,29,30)(H,32,33). The third-order valence-electron chi connectivity index (χ3n) is 4.72. The summed E-state index contributed by atoms with van der Waals surface area (Å²) < 4.78 is 0. The van der Waals surface area contributed by atoms with E-state index in [2.05, 4.69) is 21.1 Å². The lowest BCUT2D eigenvalue weighted by Crippen LogP contribution is -2.42. The van der Waals surface area contributed by atoms with Gasteiger partial charge in [0.25, 0.3) is 11.8 Å². The van der Waals surface area contributed by atoms with Gasteiger partial charge in [-0.25, -0.2) is 4.79 Å². The van der Waals surface area contributed by atoms with Crippen LogP contribution >= 0.6 is 0 Å². The van der Waals surface area contributed by atoms with E-state index in [1.807, 2.05) is 0 Å². The number of amides is 2. The first-order valence-corrected chi connectivity index (χ1v) is 10.0. The minimum absolute atomic E-state index is 0.0958. The molecule has 3 aromatic carbocycles. The zero-order chi connectivity index (χ0) is 23.6. The number of anilines is 2. The molecular formula is C24H23N5O4. The number of carboxylic acids is 1. The van der Waals surface area contributed by atoms with Crippen molar-refractivity contribution in [2.75, 3.05) is 10.6 Å². The Morgan fingerprint density at radius 3 is 2.24 bits per heavy atom. The number of nitrogens with two attached hydrogens (primary N) is 1. The second-order valence-electron chi connectivity index (χ2n) is 7.09. The zero-order valence-corrected chi connectivity index (χ0v) is 17.6. The number of rotatable bonds is 9. The summed E-state index contributed by atoms with van der Waals surface area (Å²) in [6.45, 7) is 0. The van der Waals surface area contributed by atoms with Crippen LogP contribution in [-0.2, 0) is 11.2 Å². The number of aliphatic carboxylic acids is 1. The van der Waals surface area contributed by atoms with Crippen LogP contribution in [0.3, 0.4) is 0 Å². The lowest BCUT2D eigenvalue weighted by atomic mass is 10.0. The van der Waals surface area contributed by atoms with Crippen LogP contribution in [0.2, 0.25) is 0 Å². The number of hydrogen-bond donors (Lipinski definition) is 5. The summed E-state index contributed by atoms with van der Waals surface area (Å²) in [5, 5.41) is 21.0. The van der Waals surface area contributed by atoms with E-state index < -0.39 is 17.9 Å². The Balaban J connectivity index is 1.62. The van der Waals surface area contributed by atoms with Gasteiger partial charge in [-0.05, 0) is 48.0 Å². The first-order chi connectivity index (χ1) is 16.0. The highest BCUT2D eigenvalue weighted by atomic mass is 16.4. The van der Waals surface area contributed by atoms with Crippen LogP contribution in [0.5, 0.6) is 0 Å². The lowest BCUT2D eigenvalue weighted by Gasteiger charge is -2.15. The van der Waals surface area contributed by atoms with Gasteiger partial charge in [0.2, 0.25) is 0 Å². The third-order valence-corrected chi connectivity index (χ3v) is 4.72. The molecule has 0 heterocycles. The van der Waals surface area contributed by atoms with Crippen molar-refractivity contribution in [2.45, 2.75) is 12.5 Å². The van der Waals surface area contributed by atoms with Gasteiger partial charge in [-0.1, -0.05) is 36.4 Å². The summed E-state index contributed by atoms with van der Waals surface area (Å²) in [5.74, 6) is 3.16. The van der Waals surface area contributed by atoms with E-state index in [9.17, 15) is 19.5 Å². The van der Waals surface area contributed by atoms with Gasteiger partial charge in [-0.3, -0.25) is 9.59 Å². The van der Waals surface area contributed by atoms with E-state index in [1.165, 1.54) is 6.34 Å². The topological polar surface area (TPSA) is 146 Å². The van der Waals surface area contributed by atoms with Crippen molar-refractivity contribution < 1.29 is 19.5 Å². The zero-order valence-electron chi connectivity index (χ0n) is 17.6. The molecule has 0 aliphatic rings. The van der Waals surface area contributed by atoms with E-state index in [0.29, 0.717) is 28.1 Å². The number of nitrogens with zero attached hydrogens (tertiary/aromatic N) is 1. The summed E-state index contributed by atoms with van der Waals surface area (Å²) >= 11 is 0. The number of carboxylic acid groups (broad SMARTS) is 1.